The summed E-state index contributed by atoms with van der Waals surface area (Å²) in [7, 11) is 6.09. The molecule has 0 spiro atoms. The summed E-state index contributed by atoms with van der Waals surface area (Å²) >= 11 is 0. The molecule has 1 unspecified atom stereocenters. The zero-order valence-corrected chi connectivity index (χ0v) is 19.1. The molecule has 1 saturated carbocycles. The van der Waals surface area contributed by atoms with Crippen LogP contribution in [0.5, 0.6) is 11.5 Å². The molecular formula is C23H39N5O2. The molecule has 3 rings (SSSR count). The molecule has 2 N–H and O–H groups in total. The summed E-state index contributed by atoms with van der Waals surface area (Å²) in [6.07, 6.45) is 5.01. The Morgan fingerprint density at radius 2 is 1.97 bits per heavy atom. The van der Waals surface area contributed by atoms with Gasteiger partial charge in [0, 0.05) is 44.3 Å². The summed E-state index contributed by atoms with van der Waals surface area (Å²) in [4.78, 5) is 9.66. The number of likely N-dealkylation sites (N-methyl/N-ethyl adjacent to an activating group) is 2. The molecule has 0 radical (unpaired) electrons. The Balaban J connectivity index is 1.67. The van der Waals surface area contributed by atoms with E-state index >= 15 is 0 Å². The van der Waals surface area contributed by atoms with Crippen molar-refractivity contribution in [2.24, 2.45) is 4.99 Å². The number of methoxy groups -OCH3 is 1. The van der Waals surface area contributed by atoms with Crippen molar-refractivity contribution in [2.75, 3.05) is 53.9 Å². The van der Waals surface area contributed by atoms with E-state index in [0.29, 0.717) is 12.6 Å². The second kappa shape index (κ2) is 11.4. The number of rotatable bonds is 8. The average molecular weight is 418 g/mol. The van der Waals surface area contributed by atoms with Gasteiger partial charge in [0.1, 0.15) is 0 Å². The number of aliphatic imine (C=N–C) groups is 1. The molecule has 1 heterocycles. The van der Waals surface area contributed by atoms with Crippen molar-refractivity contribution in [1.29, 1.82) is 0 Å². The molecule has 1 aromatic rings. The molecule has 2 aliphatic rings. The van der Waals surface area contributed by atoms with Gasteiger partial charge in [-0.05, 0) is 52.8 Å². The van der Waals surface area contributed by atoms with E-state index in [1.54, 1.807) is 7.11 Å². The minimum absolute atomic E-state index is 0.286. The summed E-state index contributed by atoms with van der Waals surface area (Å²) in [5.74, 6) is 2.48. The normalized spacial score (nSPS) is 21.6. The van der Waals surface area contributed by atoms with Gasteiger partial charge in [0.25, 0.3) is 0 Å². The number of para-hydroxylation sites is 1. The number of nitrogens with zero attached hydrogens (tertiary/aromatic N) is 3. The van der Waals surface area contributed by atoms with Gasteiger partial charge < -0.3 is 25.0 Å². The van der Waals surface area contributed by atoms with E-state index < -0.39 is 0 Å². The van der Waals surface area contributed by atoms with Crippen LogP contribution in [0.15, 0.2) is 23.2 Å². The van der Waals surface area contributed by atoms with Crippen LogP contribution in [-0.2, 0) is 6.54 Å². The van der Waals surface area contributed by atoms with Gasteiger partial charge in [0.05, 0.1) is 19.8 Å². The third-order valence-corrected chi connectivity index (χ3v) is 6.10. The fourth-order valence-corrected chi connectivity index (χ4v) is 4.20. The highest BCUT2D eigenvalue weighted by Gasteiger charge is 2.23. The van der Waals surface area contributed by atoms with E-state index in [2.05, 4.69) is 47.5 Å². The van der Waals surface area contributed by atoms with E-state index in [-0.39, 0.29) is 6.10 Å². The van der Waals surface area contributed by atoms with Crippen LogP contribution < -0.4 is 20.1 Å². The quantitative estimate of drug-likeness (QED) is 0.500. The lowest BCUT2D eigenvalue weighted by Crippen LogP contribution is -2.55. The van der Waals surface area contributed by atoms with Crippen molar-refractivity contribution < 1.29 is 9.47 Å². The Morgan fingerprint density at radius 1 is 1.17 bits per heavy atom. The number of hydrogen-bond donors (Lipinski definition) is 2. The molecule has 168 valence electrons. The third-order valence-electron chi connectivity index (χ3n) is 6.10. The maximum atomic E-state index is 6.35. The summed E-state index contributed by atoms with van der Waals surface area (Å²) in [5.41, 5.74) is 1.06. The van der Waals surface area contributed by atoms with Crippen LogP contribution in [-0.4, -0.2) is 81.8 Å². The number of ether oxygens (including phenoxy) is 2. The van der Waals surface area contributed by atoms with E-state index in [0.717, 1.165) is 68.6 Å². The van der Waals surface area contributed by atoms with Crippen molar-refractivity contribution >= 4 is 5.96 Å². The van der Waals surface area contributed by atoms with Gasteiger partial charge in [-0.3, -0.25) is 4.90 Å². The lowest BCUT2D eigenvalue weighted by Gasteiger charge is -2.37. The van der Waals surface area contributed by atoms with E-state index in [4.69, 9.17) is 14.5 Å². The van der Waals surface area contributed by atoms with Crippen molar-refractivity contribution in [3.8, 4) is 11.5 Å². The monoisotopic (exact) mass is 417 g/mol. The molecule has 0 bridgehead atoms. The summed E-state index contributed by atoms with van der Waals surface area (Å²) in [5, 5.41) is 6.91. The Hall–Kier alpha value is -1.99. The Bertz CT molecular complexity index is 690. The molecule has 0 aromatic heterocycles. The molecule has 1 aromatic carbocycles. The van der Waals surface area contributed by atoms with Crippen molar-refractivity contribution in [1.82, 2.24) is 20.4 Å². The predicted octanol–water partition coefficient (Wildman–Crippen LogP) is 2.32. The Morgan fingerprint density at radius 3 is 2.70 bits per heavy atom. The molecule has 7 nitrogen and oxygen atoms in total. The maximum Gasteiger partial charge on any atom is 0.191 e. The minimum atomic E-state index is 0.286. The van der Waals surface area contributed by atoms with E-state index in [1.165, 1.54) is 12.8 Å². The topological polar surface area (TPSA) is 61.4 Å². The second-order valence-corrected chi connectivity index (χ2v) is 8.45. The van der Waals surface area contributed by atoms with Gasteiger partial charge in [-0.25, -0.2) is 4.99 Å². The van der Waals surface area contributed by atoms with Crippen LogP contribution in [0.3, 0.4) is 0 Å². The summed E-state index contributed by atoms with van der Waals surface area (Å²) in [6.45, 7) is 7.64. The molecule has 1 atom stereocenters. The fraction of sp³-hybridized carbons (Fsp3) is 0.696. The second-order valence-electron chi connectivity index (χ2n) is 8.45. The Kier molecular flexibility index (Phi) is 8.63. The minimum Gasteiger partial charge on any atom is -0.493 e. The summed E-state index contributed by atoms with van der Waals surface area (Å²) < 4.78 is 11.9. The predicted molar refractivity (Wildman–Crippen MR) is 123 cm³/mol. The fourth-order valence-electron chi connectivity index (χ4n) is 4.20. The number of benzene rings is 1. The lowest BCUT2D eigenvalue weighted by molar-refractivity contribution is 0.116. The molecule has 1 saturated heterocycles. The number of guanidine groups is 1. The molecule has 1 aliphatic carbocycles. The first-order valence-electron chi connectivity index (χ1n) is 11.3. The van der Waals surface area contributed by atoms with Crippen LogP contribution in [0, 0.1) is 0 Å². The number of hydrogen-bond acceptors (Lipinski definition) is 5. The Labute approximate surface area is 181 Å². The largest absolute Gasteiger partial charge is 0.493 e. The average Bonchev–Trinajstić information content (AvgIpc) is 3.26. The lowest BCUT2D eigenvalue weighted by atomic mass is 10.1. The molecule has 0 amide bonds. The van der Waals surface area contributed by atoms with Gasteiger partial charge in [-0.1, -0.05) is 12.1 Å². The maximum absolute atomic E-state index is 6.35. The highest BCUT2D eigenvalue weighted by molar-refractivity contribution is 5.79. The standard InChI is InChI=1S/C23H39N5O2/c1-5-24-23(26-16-19-17-27(2)13-14-28(19)3)25-15-18-9-8-12-21(29-4)22(18)30-20-10-6-7-11-20/h8-9,12,19-20H,5-7,10-11,13-17H2,1-4H3,(H2,24,25,26). The van der Waals surface area contributed by atoms with Gasteiger partial charge in [0.15, 0.2) is 17.5 Å². The number of nitrogens with one attached hydrogen (secondary N) is 2. The van der Waals surface area contributed by atoms with Crippen molar-refractivity contribution in [3.05, 3.63) is 23.8 Å². The van der Waals surface area contributed by atoms with E-state index in [9.17, 15) is 0 Å². The molecule has 2 fully saturated rings. The van der Waals surface area contributed by atoms with Crippen molar-refractivity contribution in [3.63, 3.8) is 0 Å². The van der Waals surface area contributed by atoms with Crippen LogP contribution in [0.1, 0.15) is 38.2 Å². The zero-order chi connectivity index (χ0) is 21.3. The van der Waals surface area contributed by atoms with Crippen LogP contribution in [0.4, 0.5) is 0 Å². The molecule has 7 heteroatoms. The van der Waals surface area contributed by atoms with Crippen molar-refractivity contribution in [2.45, 2.75) is 51.3 Å². The SMILES string of the molecule is CCNC(=NCc1cccc(OC)c1OC1CCCC1)NCC1CN(C)CCN1C. The smallest absolute Gasteiger partial charge is 0.191 e. The first-order valence-corrected chi connectivity index (χ1v) is 11.3. The highest BCUT2D eigenvalue weighted by Crippen LogP contribution is 2.35. The van der Waals surface area contributed by atoms with Gasteiger partial charge in [0.2, 0.25) is 0 Å². The first kappa shape index (κ1) is 22.7. The van der Waals surface area contributed by atoms with Crippen LogP contribution in [0.25, 0.3) is 0 Å². The van der Waals surface area contributed by atoms with E-state index in [1.807, 2.05) is 12.1 Å². The summed E-state index contributed by atoms with van der Waals surface area (Å²) in [6, 6.07) is 6.55. The highest BCUT2D eigenvalue weighted by atomic mass is 16.5. The molecule has 1 aliphatic heterocycles. The number of piperazine rings is 1. The first-order chi connectivity index (χ1) is 14.6. The molecule has 30 heavy (non-hydrogen) atoms. The van der Waals surface area contributed by atoms with Gasteiger partial charge >= 0.3 is 0 Å². The van der Waals surface area contributed by atoms with Crippen LogP contribution in [0.2, 0.25) is 0 Å². The van der Waals surface area contributed by atoms with Gasteiger partial charge in [-0.2, -0.15) is 0 Å². The zero-order valence-electron chi connectivity index (χ0n) is 19.1. The third kappa shape index (κ3) is 6.25. The molecular weight excluding hydrogens is 378 g/mol. The van der Waals surface area contributed by atoms with Crippen LogP contribution >= 0.6 is 0 Å². The van der Waals surface area contributed by atoms with Gasteiger partial charge in [-0.15, -0.1) is 0 Å².